The number of hydrogen-bond donors (Lipinski definition) is 1. The zero-order chi connectivity index (χ0) is 16.1. The van der Waals surface area contributed by atoms with E-state index in [1.807, 2.05) is 18.2 Å². The topological polar surface area (TPSA) is 72.0 Å². The molecule has 5 nitrogen and oxygen atoms in total. The molecule has 0 bridgehead atoms. The summed E-state index contributed by atoms with van der Waals surface area (Å²) in [7, 11) is -3.55. The molecule has 1 N–H and O–H groups in total. The molecule has 6 heteroatoms. The molecule has 23 heavy (non-hydrogen) atoms. The fourth-order valence-electron chi connectivity index (χ4n) is 2.12. The van der Waals surface area contributed by atoms with Gasteiger partial charge in [0.25, 0.3) is 0 Å². The van der Waals surface area contributed by atoms with Crippen molar-refractivity contribution in [2.75, 3.05) is 0 Å². The van der Waals surface area contributed by atoms with Gasteiger partial charge in [0, 0.05) is 31.3 Å². The van der Waals surface area contributed by atoms with E-state index in [1.165, 1.54) is 0 Å². The Balaban J connectivity index is 1.75. The first-order valence-electron chi connectivity index (χ1n) is 7.04. The van der Waals surface area contributed by atoms with Crippen molar-refractivity contribution in [2.45, 2.75) is 11.4 Å². The lowest BCUT2D eigenvalue weighted by Gasteiger charge is -2.08. The van der Waals surface area contributed by atoms with Gasteiger partial charge in [-0.15, -0.1) is 0 Å². The largest absolute Gasteiger partial charge is 0.264 e. The number of sulfonamides is 1. The Morgan fingerprint density at radius 2 is 1.52 bits per heavy atom. The van der Waals surface area contributed by atoms with Crippen molar-refractivity contribution < 1.29 is 8.42 Å². The Bertz CT molecular complexity index is 865. The lowest BCUT2D eigenvalue weighted by molar-refractivity contribution is 0.581. The summed E-state index contributed by atoms with van der Waals surface area (Å²) >= 11 is 0. The Morgan fingerprint density at radius 1 is 0.826 bits per heavy atom. The Morgan fingerprint density at radius 3 is 2.13 bits per heavy atom. The molecule has 0 radical (unpaired) electrons. The van der Waals surface area contributed by atoms with Crippen LogP contribution in [0.15, 0.2) is 78.2 Å². The molecule has 3 rings (SSSR count). The van der Waals surface area contributed by atoms with E-state index in [4.69, 9.17) is 0 Å². The summed E-state index contributed by atoms with van der Waals surface area (Å²) in [5.41, 5.74) is 2.67. The van der Waals surface area contributed by atoms with Gasteiger partial charge in [0.1, 0.15) is 0 Å². The number of nitrogens with one attached hydrogen (secondary N) is 1. The molecule has 0 fully saturated rings. The summed E-state index contributed by atoms with van der Waals surface area (Å²) in [5.74, 6) is 0. The lowest BCUT2D eigenvalue weighted by atomic mass is 10.1. The molecule has 2 heterocycles. The predicted octanol–water partition coefficient (Wildman–Crippen LogP) is 2.62. The van der Waals surface area contributed by atoms with E-state index >= 15 is 0 Å². The highest BCUT2D eigenvalue weighted by atomic mass is 32.2. The van der Waals surface area contributed by atoms with Crippen LogP contribution in [-0.2, 0) is 16.6 Å². The summed E-state index contributed by atoms with van der Waals surface area (Å²) < 4.78 is 27.2. The number of hydrogen-bond acceptors (Lipinski definition) is 4. The van der Waals surface area contributed by atoms with E-state index in [0.29, 0.717) is 0 Å². The first-order chi connectivity index (χ1) is 11.1. The monoisotopic (exact) mass is 325 g/mol. The average molecular weight is 325 g/mol. The van der Waals surface area contributed by atoms with Crippen LogP contribution in [0.4, 0.5) is 0 Å². The average Bonchev–Trinajstić information content (AvgIpc) is 2.62. The third-order valence-corrected chi connectivity index (χ3v) is 4.77. The molecular formula is C17H15N3O2S. The van der Waals surface area contributed by atoms with Crippen molar-refractivity contribution in [3.63, 3.8) is 0 Å². The van der Waals surface area contributed by atoms with Crippen molar-refractivity contribution in [1.29, 1.82) is 0 Å². The summed E-state index contributed by atoms with van der Waals surface area (Å²) in [6, 6.07) is 14.1. The van der Waals surface area contributed by atoms with Gasteiger partial charge in [-0.3, -0.25) is 9.97 Å². The second kappa shape index (κ2) is 6.68. The Hall–Kier alpha value is -2.57. The van der Waals surface area contributed by atoms with Gasteiger partial charge in [-0.25, -0.2) is 13.1 Å². The molecule has 0 aliphatic rings. The van der Waals surface area contributed by atoms with Crippen molar-refractivity contribution >= 4 is 10.0 Å². The minimum absolute atomic E-state index is 0.209. The summed E-state index contributed by atoms with van der Waals surface area (Å²) in [6.07, 6.45) is 6.72. The zero-order valence-corrected chi connectivity index (χ0v) is 13.1. The molecule has 0 saturated carbocycles. The van der Waals surface area contributed by atoms with Gasteiger partial charge < -0.3 is 0 Å². The van der Waals surface area contributed by atoms with Crippen LogP contribution in [0.5, 0.6) is 0 Å². The maximum absolute atomic E-state index is 12.3. The molecule has 0 aliphatic carbocycles. The van der Waals surface area contributed by atoms with Gasteiger partial charge in [0.15, 0.2) is 0 Å². The third-order valence-electron chi connectivity index (χ3n) is 3.35. The van der Waals surface area contributed by atoms with E-state index in [9.17, 15) is 8.42 Å². The second-order valence-corrected chi connectivity index (χ2v) is 6.72. The molecule has 3 aromatic rings. The molecular weight excluding hydrogens is 310 g/mol. The highest BCUT2D eigenvalue weighted by Crippen LogP contribution is 2.20. The quantitative estimate of drug-likeness (QED) is 0.783. The van der Waals surface area contributed by atoms with Crippen LogP contribution >= 0.6 is 0 Å². The van der Waals surface area contributed by atoms with Crippen molar-refractivity contribution in [3.05, 3.63) is 78.9 Å². The van der Waals surface area contributed by atoms with Gasteiger partial charge in [0.05, 0.1) is 4.90 Å². The molecule has 116 valence electrons. The summed E-state index contributed by atoms with van der Waals surface area (Å²) in [4.78, 5) is 8.25. The molecule has 0 atom stereocenters. The highest BCUT2D eigenvalue weighted by Gasteiger charge is 2.13. The van der Waals surface area contributed by atoms with Crippen LogP contribution in [0.3, 0.4) is 0 Å². The van der Waals surface area contributed by atoms with Crippen LogP contribution in [0.1, 0.15) is 5.56 Å². The smallest absolute Gasteiger partial charge is 0.240 e. The maximum Gasteiger partial charge on any atom is 0.240 e. The first-order valence-corrected chi connectivity index (χ1v) is 8.52. The second-order valence-electron chi connectivity index (χ2n) is 4.95. The number of aromatic nitrogens is 2. The van der Waals surface area contributed by atoms with Gasteiger partial charge >= 0.3 is 0 Å². The summed E-state index contributed by atoms with van der Waals surface area (Å²) in [5, 5.41) is 0. The maximum atomic E-state index is 12.3. The number of pyridine rings is 2. The molecule has 0 saturated heterocycles. The van der Waals surface area contributed by atoms with Crippen molar-refractivity contribution in [1.82, 2.24) is 14.7 Å². The minimum Gasteiger partial charge on any atom is -0.264 e. The number of nitrogens with zero attached hydrogens (tertiary/aromatic N) is 2. The van der Waals surface area contributed by atoms with E-state index < -0.39 is 10.0 Å². The van der Waals surface area contributed by atoms with E-state index in [2.05, 4.69) is 14.7 Å². The molecule has 1 aromatic carbocycles. The highest BCUT2D eigenvalue weighted by molar-refractivity contribution is 7.89. The molecule has 0 spiro atoms. The summed E-state index contributed by atoms with van der Waals surface area (Å²) in [6.45, 7) is 0.209. The number of rotatable bonds is 5. The molecule has 0 aliphatic heterocycles. The van der Waals surface area contributed by atoms with E-state index in [0.717, 1.165) is 16.7 Å². The predicted molar refractivity (Wildman–Crippen MR) is 87.9 cm³/mol. The number of benzene rings is 1. The lowest BCUT2D eigenvalue weighted by Crippen LogP contribution is -2.23. The van der Waals surface area contributed by atoms with Gasteiger partial charge in [0.2, 0.25) is 10.0 Å². The zero-order valence-electron chi connectivity index (χ0n) is 12.3. The molecule has 0 unspecified atom stereocenters. The standard InChI is InChI=1S/C17H15N3O2S/c21-23(22,20-12-14-3-1-9-18-11-14)17-7-5-15(6-8-17)16-4-2-10-19-13-16/h1-11,13,20H,12H2. The van der Waals surface area contributed by atoms with Crippen LogP contribution in [0, 0.1) is 0 Å². The fraction of sp³-hybridized carbons (Fsp3) is 0.0588. The van der Waals surface area contributed by atoms with Gasteiger partial charge in [-0.05, 0) is 41.0 Å². The van der Waals surface area contributed by atoms with Gasteiger partial charge in [-0.2, -0.15) is 0 Å². The van der Waals surface area contributed by atoms with Crippen molar-refractivity contribution in [3.8, 4) is 11.1 Å². The molecule has 2 aromatic heterocycles. The van der Waals surface area contributed by atoms with Gasteiger partial charge in [-0.1, -0.05) is 24.3 Å². The van der Waals surface area contributed by atoms with Crippen LogP contribution in [0.25, 0.3) is 11.1 Å². The molecule has 0 amide bonds. The van der Waals surface area contributed by atoms with Crippen LogP contribution < -0.4 is 4.72 Å². The fourth-order valence-corrected chi connectivity index (χ4v) is 3.14. The van der Waals surface area contributed by atoms with Crippen LogP contribution in [-0.4, -0.2) is 18.4 Å². The Labute approximate surface area is 135 Å². The Kier molecular flexibility index (Phi) is 4.45. The third kappa shape index (κ3) is 3.80. The van der Waals surface area contributed by atoms with Crippen molar-refractivity contribution in [2.24, 2.45) is 0 Å². The SMILES string of the molecule is O=S(=O)(NCc1cccnc1)c1ccc(-c2cccnc2)cc1. The minimum atomic E-state index is -3.55. The van der Waals surface area contributed by atoms with Crippen LogP contribution in [0.2, 0.25) is 0 Å². The van der Waals surface area contributed by atoms with E-state index in [-0.39, 0.29) is 11.4 Å². The first kappa shape index (κ1) is 15.3. The van der Waals surface area contributed by atoms with E-state index in [1.54, 1.807) is 55.1 Å². The normalized spacial score (nSPS) is 11.3.